The van der Waals surface area contributed by atoms with Gasteiger partial charge in [0.05, 0.1) is 7.11 Å². The van der Waals surface area contributed by atoms with Gasteiger partial charge in [0.25, 0.3) is 0 Å². The lowest BCUT2D eigenvalue weighted by atomic mass is 9.81. The highest BCUT2D eigenvalue weighted by atomic mass is 16.5. The molecule has 0 heterocycles. The Labute approximate surface area is 133 Å². The molecule has 0 spiro atoms. The van der Waals surface area contributed by atoms with Gasteiger partial charge in [0, 0.05) is 13.0 Å². The van der Waals surface area contributed by atoms with E-state index in [9.17, 15) is 4.79 Å². The average Bonchev–Trinajstić information content (AvgIpc) is 2.50. The Morgan fingerprint density at radius 3 is 2.86 bits per heavy atom. The molecule has 2 aliphatic rings. The third kappa shape index (κ3) is 3.63. The van der Waals surface area contributed by atoms with Crippen LogP contribution in [0.15, 0.2) is 18.2 Å². The van der Waals surface area contributed by atoms with Gasteiger partial charge in [-0.15, -0.1) is 0 Å². The third-order valence-electron chi connectivity index (χ3n) is 5.31. The molecular weight excluding hydrogens is 274 g/mol. The van der Waals surface area contributed by atoms with Crippen molar-refractivity contribution in [3.05, 3.63) is 29.3 Å². The maximum atomic E-state index is 11.9. The van der Waals surface area contributed by atoms with Crippen molar-refractivity contribution >= 4 is 5.91 Å². The van der Waals surface area contributed by atoms with E-state index in [4.69, 9.17) is 4.74 Å². The Morgan fingerprint density at radius 2 is 2.14 bits per heavy atom. The summed E-state index contributed by atoms with van der Waals surface area (Å²) in [5.41, 5.74) is 2.89. The molecule has 1 unspecified atom stereocenters. The van der Waals surface area contributed by atoms with Gasteiger partial charge in [-0.25, -0.2) is 0 Å². The smallest absolute Gasteiger partial charge is 0.220 e. The summed E-state index contributed by atoms with van der Waals surface area (Å²) < 4.78 is 5.36. The summed E-state index contributed by atoms with van der Waals surface area (Å²) in [6.45, 7) is 0.798. The van der Waals surface area contributed by atoms with Crippen LogP contribution >= 0.6 is 0 Å². The van der Waals surface area contributed by atoms with Crippen LogP contribution < -0.4 is 10.1 Å². The van der Waals surface area contributed by atoms with Gasteiger partial charge < -0.3 is 10.1 Å². The molecule has 1 atom stereocenters. The third-order valence-corrected chi connectivity index (χ3v) is 5.31. The predicted octanol–water partition coefficient (Wildman–Crippen LogP) is 3.81. The molecule has 2 aliphatic carbocycles. The van der Waals surface area contributed by atoms with Crippen molar-refractivity contribution in [2.45, 2.75) is 57.3 Å². The van der Waals surface area contributed by atoms with Crippen LogP contribution in [0.4, 0.5) is 0 Å². The van der Waals surface area contributed by atoms with E-state index in [0.717, 1.165) is 25.1 Å². The van der Waals surface area contributed by atoms with Gasteiger partial charge in [-0.3, -0.25) is 4.79 Å². The summed E-state index contributed by atoms with van der Waals surface area (Å²) in [6, 6.07) is 6.45. The SMILES string of the molecule is COc1ccc2c(c1)C(CCNC(=O)CC1CCC1)CCC2. The number of ether oxygens (including phenoxy) is 1. The van der Waals surface area contributed by atoms with Crippen molar-refractivity contribution in [2.75, 3.05) is 13.7 Å². The van der Waals surface area contributed by atoms with Gasteiger partial charge >= 0.3 is 0 Å². The summed E-state index contributed by atoms with van der Waals surface area (Å²) >= 11 is 0. The van der Waals surface area contributed by atoms with Crippen molar-refractivity contribution < 1.29 is 9.53 Å². The van der Waals surface area contributed by atoms with Gasteiger partial charge in [-0.1, -0.05) is 12.5 Å². The number of hydrogen-bond donors (Lipinski definition) is 1. The van der Waals surface area contributed by atoms with Crippen LogP contribution in [0.2, 0.25) is 0 Å². The predicted molar refractivity (Wildman–Crippen MR) is 88.3 cm³/mol. The van der Waals surface area contributed by atoms with Crippen molar-refractivity contribution in [3.8, 4) is 5.75 Å². The minimum Gasteiger partial charge on any atom is -0.497 e. The molecule has 22 heavy (non-hydrogen) atoms. The Bertz CT molecular complexity index is 522. The number of benzene rings is 1. The van der Waals surface area contributed by atoms with Crippen molar-refractivity contribution in [1.29, 1.82) is 0 Å². The van der Waals surface area contributed by atoms with Crippen LogP contribution in [0.5, 0.6) is 5.75 Å². The topological polar surface area (TPSA) is 38.3 Å². The maximum absolute atomic E-state index is 11.9. The summed E-state index contributed by atoms with van der Waals surface area (Å²) in [6.07, 6.45) is 9.19. The lowest BCUT2D eigenvalue weighted by Crippen LogP contribution is -2.29. The number of carbonyl (C=O) groups excluding carboxylic acids is 1. The number of amides is 1. The fourth-order valence-corrected chi connectivity index (χ4v) is 3.72. The Kier molecular flexibility index (Phi) is 5.01. The van der Waals surface area contributed by atoms with Crippen LogP contribution in [0, 0.1) is 5.92 Å². The van der Waals surface area contributed by atoms with Crippen LogP contribution in [0.25, 0.3) is 0 Å². The minimum absolute atomic E-state index is 0.242. The molecule has 1 amide bonds. The van der Waals surface area contributed by atoms with E-state index >= 15 is 0 Å². The van der Waals surface area contributed by atoms with E-state index in [1.165, 1.54) is 49.7 Å². The first-order valence-electron chi connectivity index (χ1n) is 8.70. The zero-order chi connectivity index (χ0) is 15.4. The number of aryl methyl sites for hydroxylation is 1. The molecule has 0 saturated heterocycles. The van der Waals surface area contributed by atoms with E-state index in [2.05, 4.69) is 23.5 Å². The molecule has 3 heteroatoms. The largest absolute Gasteiger partial charge is 0.497 e. The monoisotopic (exact) mass is 301 g/mol. The molecule has 1 aromatic rings. The first-order chi connectivity index (χ1) is 10.8. The first-order valence-corrected chi connectivity index (χ1v) is 8.70. The zero-order valence-electron chi connectivity index (χ0n) is 13.6. The fraction of sp³-hybridized carbons (Fsp3) is 0.632. The molecular formula is C19H27NO2. The molecule has 0 bridgehead atoms. The second kappa shape index (κ2) is 7.17. The van der Waals surface area contributed by atoms with Crippen molar-refractivity contribution in [1.82, 2.24) is 5.32 Å². The zero-order valence-corrected chi connectivity index (χ0v) is 13.6. The van der Waals surface area contributed by atoms with Crippen LogP contribution in [-0.4, -0.2) is 19.6 Å². The number of carbonyl (C=O) groups is 1. The Balaban J connectivity index is 1.51. The molecule has 1 N–H and O–H groups in total. The van der Waals surface area contributed by atoms with Crippen LogP contribution in [0.3, 0.4) is 0 Å². The normalized spacial score (nSPS) is 20.9. The molecule has 3 nitrogen and oxygen atoms in total. The van der Waals surface area contributed by atoms with Gasteiger partial charge in [-0.05, 0) is 73.6 Å². The van der Waals surface area contributed by atoms with Gasteiger partial charge in [-0.2, -0.15) is 0 Å². The number of methoxy groups -OCH3 is 1. The number of fused-ring (bicyclic) bond motifs is 1. The maximum Gasteiger partial charge on any atom is 0.220 e. The molecule has 1 saturated carbocycles. The highest BCUT2D eigenvalue weighted by Gasteiger charge is 2.22. The number of hydrogen-bond acceptors (Lipinski definition) is 2. The first kappa shape index (κ1) is 15.4. The molecule has 0 aliphatic heterocycles. The number of nitrogens with one attached hydrogen (secondary N) is 1. The van der Waals surface area contributed by atoms with Crippen LogP contribution in [0.1, 0.15) is 62.0 Å². The van der Waals surface area contributed by atoms with Crippen LogP contribution in [-0.2, 0) is 11.2 Å². The highest BCUT2D eigenvalue weighted by molar-refractivity contribution is 5.76. The second-order valence-electron chi connectivity index (χ2n) is 6.79. The second-order valence-corrected chi connectivity index (χ2v) is 6.79. The van der Waals surface area contributed by atoms with E-state index in [-0.39, 0.29) is 5.91 Å². The Morgan fingerprint density at radius 1 is 1.27 bits per heavy atom. The van der Waals surface area contributed by atoms with Crippen molar-refractivity contribution in [2.24, 2.45) is 5.92 Å². The molecule has 1 fully saturated rings. The minimum atomic E-state index is 0.242. The fourth-order valence-electron chi connectivity index (χ4n) is 3.72. The molecule has 1 aromatic carbocycles. The summed E-state index contributed by atoms with van der Waals surface area (Å²) in [7, 11) is 1.72. The van der Waals surface area contributed by atoms with Gasteiger partial charge in [0.2, 0.25) is 5.91 Å². The van der Waals surface area contributed by atoms with E-state index < -0.39 is 0 Å². The summed E-state index contributed by atoms with van der Waals surface area (Å²) in [4.78, 5) is 11.9. The lowest BCUT2D eigenvalue weighted by molar-refractivity contribution is -0.122. The highest BCUT2D eigenvalue weighted by Crippen LogP contribution is 2.36. The standard InChI is InChI=1S/C19H27NO2/c1-22-17-9-8-15-6-3-7-16(18(15)13-17)10-11-20-19(21)12-14-4-2-5-14/h8-9,13-14,16H,2-7,10-12H2,1H3,(H,20,21). The van der Waals surface area contributed by atoms with E-state index in [1.807, 2.05) is 0 Å². The lowest BCUT2D eigenvalue weighted by Gasteiger charge is -2.27. The average molecular weight is 301 g/mol. The van der Waals surface area contributed by atoms with E-state index in [0.29, 0.717) is 11.8 Å². The molecule has 0 radical (unpaired) electrons. The summed E-state index contributed by atoms with van der Waals surface area (Å²) in [5, 5.41) is 3.12. The van der Waals surface area contributed by atoms with Gasteiger partial charge in [0.15, 0.2) is 0 Å². The summed E-state index contributed by atoms with van der Waals surface area (Å²) in [5.74, 6) is 2.40. The number of rotatable bonds is 6. The van der Waals surface area contributed by atoms with Crippen molar-refractivity contribution in [3.63, 3.8) is 0 Å². The molecule has 120 valence electrons. The van der Waals surface area contributed by atoms with E-state index in [1.54, 1.807) is 7.11 Å². The molecule has 3 rings (SSSR count). The quantitative estimate of drug-likeness (QED) is 0.867. The molecule has 0 aromatic heterocycles. The Hall–Kier alpha value is -1.51. The van der Waals surface area contributed by atoms with Gasteiger partial charge in [0.1, 0.15) is 5.75 Å².